The monoisotopic (exact) mass is 240 g/mol. The molecule has 1 aromatic rings. The van der Waals surface area contributed by atoms with Gasteiger partial charge in [0.15, 0.2) is 0 Å². The van der Waals surface area contributed by atoms with Gasteiger partial charge < -0.3 is 16.2 Å². The number of hydrogen-bond acceptors (Lipinski definition) is 4. The zero-order valence-electron chi connectivity index (χ0n) is 11.2. The number of aryl methyl sites for hydroxylation is 2. The van der Waals surface area contributed by atoms with Crippen molar-refractivity contribution in [3.8, 4) is 0 Å². The third-order valence-corrected chi connectivity index (χ3v) is 3.40. The number of anilines is 2. The number of hydrogen-bond donors (Lipinski definition) is 3. The summed E-state index contributed by atoms with van der Waals surface area (Å²) in [6, 6.07) is 0. The molecule has 0 aliphatic rings. The second-order valence-electron chi connectivity index (χ2n) is 4.47. The Hall–Kier alpha value is -1.23. The predicted octanol–water partition coefficient (Wildman–Crippen LogP) is 1.53. The van der Waals surface area contributed by atoms with Crippen molar-refractivity contribution in [1.82, 2.24) is 9.78 Å². The summed E-state index contributed by atoms with van der Waals surface area (Å²) in [7, 11) is 1.86. The van der Waals surface area contributed by atoms with E-state index in [4.69, 9.17) is 5.73 Å². The molecule has 0 spiro atoms. The van der Waals surface area contributed by atoms with E-state index in [9.17, 15) is 5.11 Å². The van der Waals surface area contributed by atoms with Gasteiger partial charge in [0.25, 0.3) is 0 Å². The van der Waals surface area contributed by atoms with Gasteiger partial charge >= 0.3 is 0 Å². The van der Waals surface area contributed by atoms with E-state index in [0.717, 1.165) is 30.8 Å². The molecule has 0 unspecified atom stereocenters. The molecule has 0 aliphatic heterocycles. The molecule has 0 atom stereocenters. The first-order valence-electron chi connectivity index (χ1n) is 6.25. The lowest BCUT2D eigenvalue weighted by molar-refractivity contribution is 0.0456. The molecule has 1 aromatic heterocycles. The SMILES string of the molecule is CCc1nn(C)c(NCC(O)(CC)CC)c1N. The molecule has 0 aromatic carbocycles. The smallest absolute Gasteiger partial charge is 0.147 e. The van der Waals surface area contributed by atoms with Crippen molar-refractivity contribution >= 4 is 11.5 Å². The van der Waals surface area contributed by atoms with Crippen LogP contribution in [0.1, 0.15) is 39.3 Å². The van der Waals surface area contributed by atoms with Crippen LogP contribution >= 0.6 is 0 Å². The number of nitrogens with zero attached hydrogens (tertiary/aromatic N) is 2. The molecule has 0 amide bonds. The highest BCUT2D eigenvalue weighted by molar-refractivity contribution is 5.65. The zero-order chi connectivity index (χ0) is 13.1. The molecule has 17 heavy (non-hydrogen) atoms. The van der Waals surface area contributed by atoms with E-state index in [0.29, 0.717) is 12.2 Å². The summed E-state index contributed by atoms with van der Waals surface area (Å²) in [6.07, 6.45) is 2.25. The Bertz CT molecular complexity index is 369. The Morgan fingerprint density at radius 3 is 2.35 bits per heavy atom. The van der Waals surface area contributed by atoms with Crippen LogP contribution in [0.2, 0.25) is 0 Å². The molecule has 0 bridgehead atoms. The fraction of sp³-hybridized carbons (Fsp3) is 0.750. The first-order valence-corrected chi connectivity index (χ1v) is 6.25. The Labute approximate surface area is 103 Å². The van der Waals surface area contributed by atoms with Crippen LogP contribution in [0.25, 0.3) is 0 Å². The second-order valence-corrected chi connectivity index (χ2v) is 4.47. The Balaban J connectivity index is 2.79. The number of aliphatic hydroxyl groups is 1. The fourth-order valence-corrected chi connectivity index (χ4v) is 1.81. The predicted molar refractivity (Wildman–Crippen MR) is 71.0 cm³/mol. The highest BCUT2D eigenvalue weighted by atomic mass is 16.3. The number of nitrogen functional groups attached to an aromatic ring is 1. The largest absolute Gasteiger partial charge is 0.394 e. The van der Waals surface area contributed by atoms with Gasteiger partial charge in [0, 0.05) is 13.6 Å². The van der Waals surface area contributed by atoms with Crippen molar-refractivity contribution < 1.29 is 5.11 Å². The molecule has 4 N–H and O–H groups in total. The van der Waals surface area contributed by atoms with E-state index in [1.807, 2.05) is 27.8 Å². The minimum Gasteiger partial charge on any atom is -0.394 e. The van der Waals surface area contributed by atoms with Gasteiger partial charge in [0.05, 0.1) is 17.0 Å². The normalized spacial score (nSPS) is 11.8. The third-order valence-electron chi connectivity index (χ3n) is 3.40. The van der Waals surface area contributed by atoms with E-state index >= 15 is 0 Å². The lowest BCUT2D eigenvalue weighted by Gasteiger charge is -2.26. The Kier molecular flexibility index (Phi) is 4.40. The van der Waals surface area contributed by atoms with Crippen LogP contribution in [0.15, 0.2) is 0 Å². The maximum atomic E-state index is 10.2. The van der Waals surface area contributed by atoms with E-state index in [1.165, 1.54) is 0 Å². The standard InChI is InChI=1S/C12H24N4O/c1-5-9-10(13)11(16(4)15-9)14-8-12(17,6-2)7-3/h14,17H,5-8,13H2,1-4H3. The fourth-order valence-electron chi connectivity index (χ4n) is 1.81. The van der Waals surface area contributed by atoms with Gasteiger partial charge in [-0.3, -0.25) is 4.68 Å². The molecule has 0 saturated carbocycles. The van der Waals surface area contributed by atoms with Crippen molar-refractivity contribution in [2.75, 3.05) is 17.6 Å². The summed E-state index contributed by atoms with van der Waals surface area (Å²) in [5.74, 6) is 0.794. The van der Waals surface area contributed by atoms with Crippen LogP contribution in [0.3, 0.4) is 0 Å². The summed E-state index contributed by atoms with van der Waals surface area (Å²) in [5.41, 5.74) is 6.90. The Morgan fingerprint density at radius 2 is 1.94 bits per heavy atom. The van der Waals surface area contributed by atoms with E-state index in [1.54, 1.807) is 4.68 Å². The van der Waals surface area contributed by atoms with E-state index in [2.05, 4.69) is 10.4 Å². The third kappa shape index (κ3) is 2.91. The summed E-state index contributed by atoms with van der Waals surface area (Å²) in [4.78, 5) is 0. The average Bonchev–Trinajstić information content (AvgIpc) is 2.61. The van der Waals surface area contributed by atoms with Gasteiger partial charge in [-0.25, -0.2) is 0 Å². The van der Waals surface area contributed by atoms with Gasteiger partial charge in [-0.1, -0.05) is 20.8 Å². The molecule has 0 saturated heterocycles. The van der Waals surface area contributed by atoms with Crippen molar-refractivity contribution in [2.45, 2.75) is 45.6 Å². The van der Waals surface area contributed by atoms with E-state index in [-0.39, 0.29) is 0 Å². The summed E-state index contributed by atoms with van der Waals surface area (Å²) < 4.78 is 1.74. The molecule has 0 aliphatic carbocycles. The van der Waals surface area contributed by atoms with Crippen LogP contribution in [-0.2, 0) is 13.5 Å². The molecule has 5 heteroatoms. The number of nitrogens with two attached hydrogens (primary N) is 1. The van der Waals surface area contributed by atoms with Crippen LogP contribution in [-0.4, -0.2) is 27.0 Å². The van der Waals surface area contributed by atoms with Crippen LogP contribution in [0.4, 0.5) is 11.5 Å². The minimum absolute atomic E-state index is 0.493. The van der Waals surface area contributed by atoms with Gasteiger partial charge in [-0.15, -0.1) is 0 Å². The summed E-state index contributed by atoms with van der Waals surface area (Å²) >= 11 is 0. The van der Waals surface area contributed by atoms with Crippen molar-refractivity contribution in [3.63, 3.8) is 0 Å². The molecule has 0 fully saturated rings. The molecule has 1 rings (SSSR count). The molecular formula is C12H24N4O. The maximum absolute atomic E-state index is 10.2. The Morgan fingerprint density at radius 1 is 1.35 bits per heavy atom. The topological polar surface area (TPSA) is 76.1 Å². The molecule has 98 valence electrons. The molecule has 5 nitrogen and oxygen atoms in total. The highest BCUT2D eigenvalue weighted by Gasteiger charge is 2.23. The number of aromatic nitrogens is 2. The minimum atomic E-state index is -0.677. The summed E-state index contributed by atoms with van der Waals surface area (Å²) in [5, 5.41) is 17.7. The first-order chi connectivity index (χ1) is 7.97. The zero-order valence-corrected chi connectivity index (χ0v) is 11.2. The number of nitrogens with one attached hydrogen (secondary N) is 1. The maximum Gasteiger partial charge on any atom is 0.147 e. The van der Waals surface area contributed by atoms with E-state index < -0.39 is 5.60 Å². The van der Waals surface area contributed by atoms with Crippen LogP contribution < -0.4 is 11.1 Å². The van der Waals surface area contributed by atoms with Crippen LogP contribution in [0, 0.1) is 0 Å². The average molecular weight is 240 g/mol. The second kappa shape index (κ2) is 5.40. The number of rotatable bonds is 6. The van der Waals surface area contributed by atoms with Crippen molar-refractivity contribution in [1.29, 1.82) is 0 Å². The molecule has 0 radical (unpaired) electrons. The summed E-state index contributed by atoms with van der Waals surface area (Å²) in [6.45, 7) is 6.48. The lowest BCUT2D eigenvalue weighted by Crippen LogP contribution is -2.35. The quantitative estimate of drug-likeness (QED) is 0.705. The van der Waals surface area contributed by atoms with Gasteiger partial charge in [-0.05, 0) is 19.3 Å². The van der Waals surface area contributed by atoms with Crippen LogP contribution in [0.5, 0.6) is 0 Å². The van der Waals surface area contributed by atoms with Crippen molar-refractivity contribution in [2.24, 2.45) is 7.05 Å². The molecular weight excluding hydrogens is 216 g/mol. The lowest BCUT2D eigenvalue weighted by atomic mass is 9.98. The first kappa shape index (κ1) is 13.8. The van der Waals surface area contributed by atoms with Gasteiger partial charge in [0.2, 0.25) is 0 Å². The van der Waals surface area contributed by atoms with Crippen molar-refractivity contribution in [3.05, 3.63) is 5.69 Å². The molecule has 1 heterocycles. The highest BCUT2D eigenvalue weighted by Crippen LogP contribution is 2.24. The van der Waals surface area contributed by atoms with Gasteiger partial charge in [-0.2, -0.15) is 5.10 Å². The van der Waals surface area contributed by atoms with Gasteiger partial charge in [0.1, 0.15) is 5.82 Å².